The van der Waals surface area contributed by atoms with Crippen LogP contribution in [0.25, 0.3) is 5.69 Å². The van der Waals surface area contributed by atoms with E-state index >= 15 is 0 Å². The minimum atomic E-state index is -1.23. The summed E-state index contributed by atoms with van der Waals surface area (Å²) >= 11 is 12.0. The molecular weight excluding hydrogens is 309 g/mol. The quantitative estimate of drug-likeness (QED) is 0.672. The van der Waals surface area contributed by atoms with Gasteiger partial charge < -0.3 is 4.57 Å². The van der Waals surface area contributed by atoms with Gasteiger partial charge in [-0.3, -0.25) is 20.4 Å². The first-order valence-corrected chi connectivity index (χ1v) is 6.94. The van der Waals surface area contributed by atoms with E-state index in [0.29, 0.717) is 4.88 Å². The van der Waals surface area contributed by atoms with Crippen LogP contribution in [0.2, 0.25) is 0 Å². The number of nitrogens with one attached hydrogen (secondary N) is 2. The molecule has 0 spiro atoms. The molecule has 0 saturated heterocycles. The van der Waals surface area contributed by atoms with Crippen molar-refractivity contribution in [2.24, 2.45) is 0 Å². The number of aromatic nitrogens is 1. The normalized spacial score (nSPS) is 10.5. The smallest absolute Gasteiger partial charge is 0.281 e. The van der Waals surface area contributed by atoms with E-state index in [-0.39, 0.29) is 0 Å². The number of alkyl halides is 2. The number of rotatable bonds is 3. The molecule has 8 heteroatoms. The predicted octanol–water partition coefficient (Wildman–Crippen LogP) is 2.10. The van der Waals surface area contributed by atoms with Crippen LogP contribution in [0.4, 0.5) is 0 Å². The second kappa shape index (κ2) is 6.10. The standard InChI is InChI=1S/C11H9Cl2N3O2S/c12-9(13)11(18)15-14-10(17)8-7(3-6-19-8)16-4-1-2-5-16/h1-6,9H,(H,14,17)(H,15,18). The molecule has 2 aromatic heterocycles. The Hall–Kier alpha value is -1.50. The molecule has 0 saturated carbocycles. The fourth-order valence-electron chi connectivity index (χ4n) is 1.40. The highest BCUT2D eigenvalue weighted by molar-refractivity contribution is 7.12. The molecule has 0 atom stereocenters. The molecule has 0 bridgehead atoms. The van der Waals surface area contributed by atoms with Gasteiger partial charge in [-0.05, 0) is 23.6 Å². The van der Waals surface area contributed by atoms with Crippen LogP contribution in [0.15, 0.2) is 36.0 Å². The van der Waals surface area contributed by atoms with Gasteiger partial charge in [-0.15, -0.1) is 11.3 Å². The zero-order valence-corrected chi connectivity index (χ0v) is 11.8. The first-order valence-electron chi connectivity index (χ1n) is 5.19. The zero-order valence-electron chi connectivity index (χ0n) is 9.47. The summed E-state index contributed by atoms with van der Waals surface area (Å²) in [5.74, 6) is -1.11. The molecule has 0 aromatic carbocycles. The monoisotopic (exact) mass is 317 g/mol. The Bertz CT molecular complexity index is 581. The van der Waals surface area contributed by atoms with Gasteiger partial charge in [-0.1, -0.05) is 23.2 Å². The van der Waals surface area contributed by atoms with Gasteiger partial charge in [-0.25, -0.2) is 0 Å². The van der Waals surface area contributed by atoms with E-state index in [0.717, 1.165) is 5.69 Å². The van der Waals surface area contributed by atoms with Gasteiger partial charge in [0.15, 0.2) is 4.84 Å². The van der Waals surface area contributed by atoms with Gasteiger partial charge >= 0.3 is 0 Å². The minimum Gasteiger partial charge on any atom is -0.322 e. The van der Waals surface area contributed by atoms with Crippen molar-refractivity contribution in [3.05, 3.63) is 40.8 Å². The Balaban J connectivity index is 2.09. The highest BCUT2D eigenvalue weighted by atomic mass is 35.5. The van der Waals surface area contributed by atoms with Gasteiger partial charge in [0, 0.05) is 12.4 Å². The summed E-state index contributed by atoms with van der Waals surface area (Å²) in [5, 5.41) is 1.79. The Morgan fingerprint density at radius 1 is 1.21 bits per heavy atom. The van der Waals surface area contributed by atoms with Crippen LogP contribution in [-0.4, -0.2) is 21.2 Å². The van der Waals surface area contributed by atoms with E-state index in [1.165, 1.54) is 11.3 Å². The second-order valence-electron chi connectivity index (χ2n) is 3.47. The molecular formula is C11H9Cl2N3O2S. The summed E-state index contributed by atoms with van der Waals surface area (Å²) in [7, 11) is 0. The van der Waals surface area contributed by atoms with Crippen molar-refractivity contribution < 1.29 is 9.59 Å². The molecule has 2 aromatic rings. The second-order valence-corrected chi connectivity index (χ2v) is 5.48. The molecule has 2 amide bonds. The SMILES string of the molecule is O=C(NNC(=O)C(Cl)Cl)c1sccc1-n1cccc1. The molecule has 19 heavy (non-hydrogen) atoms. The number of carbonyl (C=O) groups excluding carboxylic acids is 2. The van der Waals surface area contributed by atoms with Gasteiger partial charge in [0.25, 0.3) is 11.8 Å². The molecule has 100 valence electrons. The summed E-state index contributed by atoms with van der Waals surface area (Å²) in [6.45, 7) is 0. The average Bonchev–Trinajstić information content (AvgIpc) is 3.04. The van der Waals surface area contributed by atoms with E-state index in [4.69, 9.17) is 23.2 Å². The number of halogens is 2. The molecule has 2 rings (SSSR count). The highest BCUT2D eigenvalue weighted by Crippen LogP contribution is 2.20. The summed E-state index contributed by atoms with van der Waals surface area (Å²) in [6.07, 6.45) is 3.65. The molecule has 2 N–H and O–H groups in total. The lowest BCUT2D eigenvalue weighted by molar-refractivity contribution is -0.120. The maximum absolute atomic E-state index is 11.9. The third kappa shape index (κ3) is 3.28. The van der Waals surface area contributed by atoms with Gasteiger partial charge in [0.2, 0.25) is 0 Å². The number of hydrogen-bond donors (Lipinski definition) is 2. The Kier molecular flexibility index (Phi) is 4.47. The number of amides is 2. The maximum atomic E-state index is 11.9. The molecule has 0 aliphatic carbocycles. The third-order valence-corrected chi connectivity index (χ3v) is 3.53. The zero-order chi connectivity index (χ0) is 13.8. The molecule has 0 unspecified atom stereocenters. The first kappa shape index (κ1) is 13.9. The molecule has 0 aliphatic heterocycles. The Labute approximate surface area is 123 Å². The van der Waals surface area contributed by atoms with Crippen LogP contribution in [-0.2, 0) is 4.79 Å². The Morgan fingerprint density at radius 3 is 2.53 bits per heavy atom. The van der Waals surface area contributed by atoms with Crippen LogP contribution in [0.3, 0.4) is 0 Å². The highest BCUT2D eigenvalue weighted by Gasteiger charge is 2.16. The minimum absolute atomic E-state index is 0.430. The summed E-state index contributed by atoms with van der Waals surface area (Å²) < 4.78 is 1.80. The number of hydrogen-bond acceptors (Lipinski definition) is 3. The van der Waals surface area contributed by atoms with Crippen molar-refractivity contribution in [3.63, 3.8) is 0 Å². The molecule has 0 fully saturated rings. The number of nitrogens with zero attached hydrogens (tertiary/aromatic N) is 1. The first-order chi connectivity index (χ1) is 9.09. The lowest BCUT2D eigenvalue weighted by Crippen LogP contribution is -2.43. The van der Waals surface area contributed by atoms with Crippen molar-refractivity contribution in [2.45, 2.75) is 4.84 Å². The fourth-order valence-corrected chi connectivity index (χ4v) is 2.29. The fraction of sp³-hybridized carbons (Fsp3) is 0.0909. The lowest BCUT2D eigenvalue weighted by Gasteiger charge is -2.08. The van der Waals surface area contributed by atoms with Gasteiger partial charge in [0.05, 0.1) is 5.69 Å². The maximum Gasteiger partial charge on any atom is 0.281 e. The van der Waals surface area contributed by atoms with E-state index in [1.54, 1.807) is 9.95 Å². The van der Waals surface area contributed by atoms with Crippen LogP contribution in [0.5, 0.6) is 0 Å². The van der Waals surface area contributed by atoms with E-state index in [2.05, 4.69) is 10.9 Å². The van der Waals surface area contributed by atoms with Crippen LogP contribution < -0.4 is 10.9 Å². The van der Waals surface area contributed by atoms with E-state index in [1.807, 2.05) is 30.6 Å². The van der Waals surface area contributed by atoms with Crippen molar-refractivity contribution in [1.29, 1.82) is 0 Å². The van der Waals surface area contributed by atoms with Crippen molar-refractivity contribution in [1.82, 2.24) is 15.4 Å². The van der Waals surface area contributed by atoms with Crippen molar-refractivity contribution in [2.75, 3.05) is 0 Å². The summed E-state index contributed by atoms with van der Waals surface area (Å²) in [4.78, 5) is 22.3. The topological polar surface area (TPSA) is 63.1 Å². The third-order valence-electron chi connectivity index (χ3n) is 2.23. The molecule has 0 aliphatic rings. The predicted molar refractivity (Wildman–Crippen MR) is 74.7 cm³/mol. The summed E-state index contributed by atoms with van der Waals surface area (Å²) in [5.41, 5.74) is 5.13. The van der Waals surface area contributed by atoms with Crippen molar-refractivity contribution >= 4 is 46.4 Å². The summed E-state index contributed by atoms with van der Waals surface area (Å²) in [6, 6.07) is 5.52. The number of thiophene rings is 1. The van der Waals surface area contributed by atoms with Crippen LogP contribution >= 0.6 is 34.5 Å². The molecule has 2 heterocycles. The van der Waals surface area contributed by atoms with E-state index < -0.39 is 16.7 Å². The van der Waals surface area contributed by atoms with Gasteiger partial charge in [0.1, 0.15) is 4.88 Å². The Morgan fingerprint density at radius 2 is 1.89 bits per heavy atom. The van der Waals surface area contributed by atoms with Gasteiger partial charge in [-0.2, -0.15) is 0 Å². The largest absolute Gasteiger partial charge is 0.322 e. The van der Waals surface area contributed by atoms with Crippen LogP contribution in [0.1, 0.15) is 9.67 Å². The lowest BCUT2D eigenvalue weighted by atomic mass is 10.3. The molecule has 0 radical (unpaired) electrons. The van der Waals surface area contributed by atoms with Crippen molar-refractivity contribution in [3.8, 4) is 5.69 Å². The number of carbonyl (C=O) groups is 2. The van der Waals surface area contributed by atoms with Crippen LogP contribution in [0, 0.1) is 0 Å². The molecule has 5 nitrogen and oxygen atoms in total. The number of hydrazine groups is 1. The van der Waals surface area contributed by atoms with E-state index in [9.17, 15) is 9.59 Å². The average molecular weight is 318 g/mol.